The Kier molecular flexibility index (Phi) is 5.15. The Hall–Kier alpha value is -3.47. The van der Waals surface area contributed by atoms with Crippen molar-refractivity contribution < 1.29 is 14.3 Å². The molecule has 1 aliphatic heterocycles. The molecule has 0 atom stereocenters. The molecule has 5 heteroatoms. The first kappa shape index (κ1) is 17.9. The van der Waals surface area contributed by atoms with E-state index in [0.29, 0.717) is 13.1 Å². The summed E-state index contributed by atoms with van der Waals surface area (Å²) in [6.45, 7) is 3.29. The molecule has 1 N–H and O–H groups in total. The first-order valence-electron chi connectivity index (χ1n) is 9.33. The molecule has 1 aliphatic rings. The number of fused-ring (bicyclic) bond motifs is 1. The van der Waals surface area contributed by atoms with Gasteiger partial charge in [-0.2, -0.15) is 0 Å². The lowest BCUT2D eigenvalue weighted by atomic mass is 10.0. The molecule has 142 valence electrons. The normalized spacial score (nSPS) is 11.9. The molecule has 0 aromatic heterocycles. The number of urea groups is 1. The summed E-state index contributed by atoms with van der Waals surface area (Å²) >= 11 is 0. The number of anilines is 1. The van der Waals surface area contributed by atoms with Crippen molar-refractivity contribution in [2.45, 2.75) is 13.5 Å². The largest absolute Gasteiger partial charge is 0.454 e. The summed E-state index contributed by atoms with van der Waals surface area (Å²) < 4.78 is 10.8. The number of carbonyl (C=O) groups is 1. The van der Waals surface area contributed by atoms with Crippen molar-refractivity contribution in [1.29, 1.82) is 0 Å². The summed E-state index contributed by atoms with van der Waals surface area (Å²) in [6, 6.07) is 23.5. The van der Waals surface area contributed by atoms with Crippen molar-refractivity contribution in [3.63, 3.8) is 0 Å². The van der Waals surface area contributed by atoms with E-state index in [1.54, 1.807) is 4.90 Å². The van der Waals surface area contributed by atoms with E-state index in [2.05, 4.69) is 5.32 Å². The fourth-order valence-corrected chi connectivity index (χ4v) is 3.24. The van der Waals surface area contributed by atoms with Crippen LogP contribution in [-0.4, -0.2) is 24.3 Å². The van der Waals surface area contributed by atoms with Crippen molar-refractivity contribution in [3.05, 3.63) is 78.4 Å². The summed E-state index contributed by atoms with van der Waals surface area (Å²) in [6.07, 6.45) is 0. The SMILES string of the molecule is CCN(Cc1ccc2c(c1)OCO2)C(=O)Nc1ccccc1-c1ccccc1. The van der Waals surface area contributed by atoms with Gasteiger partial charge in [0, 0.05) is 18.7 Å². The molecule has 2 amide bonds. The second-order valence-electron chi connectivity index (χ2n) is 6.54. The number of nitrogens with zero attached hydrogens (tertiary/aromatic N) is 1. The van der Waals surface area contributed by atoms with Crippen molar-refractivity contribution in [3.8, 4) is 22.6 Å². The lowest BCUT2D eigenvalue weighted by Crippen LogP contribution is -2.34. The summed E-state index contributed by atoms with van der Waals surface area (Å²) in [7, 11) is 0. The van der Waals surface area contributed by atoms with Gasteiger partial charge in [-0.1, -0.05) is 54.6 Å². The van der Waals surface area contributed by atoms with Crippen molar-refractivity contribution in [2.75, 3.05) is 18.7 Å². The smallest absolute Gasteiger partial charge is 0.322 e. The second-order valence-corrected chi connectivity index (χ2v) is 6.54. The van der Waals surface area contributed by atoms with Crippen molar-refractivity contribution in [1.82, 2.24) is 4.90 Å². The Balaban J connectivity index is 1.51. The minimum absolute atomic E-state index is 0.136. The summed E-state index contributed by atoms with van der Waals surface area (Å²) in [5, 5.41) is 3.06. The van der Waals surface area contributed by atoms with Gasteiger partial charge in [0.15, 0.2) is 11.5 Å². The third kappa shape index (κ3) is 3.78. The van der Waals surface area contributed by atoms with Gasteiger partial charge in [-0.25, -0.2) is 4.79 Å². The molecule has 28 heavy (non-hydrogen) atoms. The van der Waals surface area contributed by atoms with Gasteiger partial charge in [-0.3, -0.25) is 0 Å². The van der Waals surface area contributed by atoms with Crippen LogP contribution in [0.25, 0.3) is 11.1 Å². The van der Waals surface area contributed by atoms with Crippen LogP contribution >= 0.6 is 0 Å². The summed E-state index contributed by atoms with van der Waals surface area (Å²) in [4.78, 5) is 14.7. The molecule has 3 aromatic rings. The zero-order valence-corrected chi connectivity index (χ0v) is 15.7. The van der Waals surface area contributed by atoms with Gasteiger partial charge in [-0.15, -0.1) is 0 Å². The number of benzene rings is 3. The van der Waals surface area contributed by atoms with E-state index in [9.17, 15) is 4.79 Å². The number of hydrogen-bond donors (Lipinski definition) is 1. The molecule has 3 aromatic carbocycles. The van der Waals surface area contributed by atoms with E-state index in [0.717, 1.165) is 33.9 Å². The van der Waals surface area contributed by atoms with E-state index in [1.807, 2.05) is 79.7 Å². The van der Waals surface area contributed by atoms with Crippen LogP contribution in [0.3, 0.4) is 0 Å². The summed E-state index contributed by atoms with van der Waals surface area (Å²) in [5.74, 6) is 1.47. The second kappa shape index (κ2) is 8.05. The van der Waals surface area contributed by atoms with Crippen LogP contribution in [0.2, 0.25) is 0 Å². The molecule has 5 nitrogen and oxygen atoms in total. The van der Waals surface area contributed by atoms with E-state index in [4.69, 9.17) is 9.47 Å². The molecule has 0 saturated heterocycles. The quantitative estimate of drug-likeness (QED) is 0.673. The van der Waals surface area contributed by atoms with Gasteiger partial charge < -0.3 is 19.7 Å². The van der Waals surface area contributed by atoms with Crippen LogP contribution in [0.4, 0.5) is 10.5 Å². The maximum atomic E-state index is 12.9. The van der Waals surface area contributed by atoms with E-state index < -0.39 is 0 Å². The van der Waals surface area contributed by atoms with Crippen LogP contribution < -0.4 is 14.8 Å². The predicted octanol–water partition coefficient (Wildman–Crippen LogP) is 5.14. The molecular formula is C23H22N2O3. The minimum Gasteiger partial charge on any atom is -0.454 e. The molecule has 0 spiro atoms. The third-order valence-corrected chi connectivity index (χ3v) is 4.73. The van der Waals surface area contributed by atoms with Gasteiger partial charge in [0.2, 0.25) is 6.79 Å². The maximum absolute atomic E-state index is 12.9. The van der Waals surface area contributed by atoms with Gasteiger partial charge in [0.25, 0.3) is 0 Å². The fraction of sp³-hybridized carbons (Fsp3) is 0.174. The average molecular weight is 374 g/mol. The molecule has 0 radical (unpaired) electrons. The number of carbonyl (C=O) groups excluding carboxylic acids is 1. The number of hydrogen-bond acceptors (Lipinski definition) is 3. The van der Waals surface area contributed by atoms with E-state index in [-0.39, 0.29) is 12.8 Å². The highest BCUT2D eigenvalue weighted by Gasteiger charge is 2.17. The Morgan fingerprint density at radius 3 is 2.54 bits per heavy atom. The Bertz CT molecular complexity index is 973. The van der Waals surface area contributed by atoms with Crippen LogP contribution in [0.5, 0.6) is 11.5 Å². The van der Waals surface area contributed by atoms with Gasteiger partial charge in [-0.05, 0) is 36.2 Å². The standard InChI is InChI=1S/C23H22N2O3/c1-2-25(15-17-12-13-21-22(14-17)28-16-27-21)23(26)24-20-11-7-6-10-19(20)18-8-4-3-5-9-18/h3-14H,2,15-16H2,1H3,(H,24,26). The lowest BCUT2D eigenvalue weighted by Gasteiger charge is -2.22. The number of rotatable bonds is 5. The first-order chi connectivity index (χ1) is 13.7. The molecule has 4 rings (SSSR count). The van der Waals surface area contributed by atoms with E-state index in [1.165, 1.54) is 0 Å². The van der Waals surface area contributed by atoms with Crippen LogP contribution in [-0.2, 0) is 6.54 Å². The number of nitrogens with one attached hydrogen (secondary N) is 1. The van der Waals surface area contributed by atoms with Crippen LogP contribution in [0.1, 0.15) is 12.5 Å². The first-order valence-corrected chi connectivity index (χ1v) is 9.33. The fourth-order valence-electron chi connectivity index (χ4n) is 3.24. The lowest BCUT2D eigenvalue weighted by molar-refractivity contribution is 0.174. The highest BCUT2D eigenvalue weighted by molar-refractivity contribution is 5.94. The monoisotopic (exact) mass is 374 g/mol. The minimum atomic E-state index is -0.136. The zero-order valence-electron chi connectivity index (χ0n) is 15.7. The van der Waals surface area contributed by atoms with E-state index >= 15 is 0 Å². The van der Waals surface area contributed by atoms with Crippen LogP contribution in [0.15, 0.2) is 72.8 Å². The molecule has 0 aliphatic carbocycles. The Morgan fingerprint density at radius 1 is 0.964 bits per heavy atom. The maximum Gasteiger partial charge on any atom is 0.322 e. The topological polar surface area (TPSA) is 50.8 Å². The number of ether oxygens (including phenoxy) is 2. The van der Waals surface area contributed by atoms with Gasteiger partial charge in [0.1, 0.15) is 0 Å². The highest BCUT2D eigenvalue weighted by atomic mass is 16.7. The molecule has 0 saturated carbocycles. The van der Waals surface area contributed by atoms with Crippen molar-refractivity contribution in [2.24, 2.45) is 0 Å². The Labute approximate surface area is 164 Å². The number of para-hydroxylation sites is 1. The Morgan fingerprint density at radius 2 is 1.71 bits per heavy atom. The number of amides is 2. The predicted molar refractivity (Wildman–Crippen MR) is 110 cm³/mol. The highest BCUT2D eigenvalue weighted by Crippen LogP contribution is 2.33. The van der Waals surface area contributed by atoms with Crippen LogP contribution in [0, 0.1) is 0 Å². The van der Waals surface area contributed by atoms with Crippen molar-refractivity contribution >= 4 is 11.7 Å². The molecule has 0 unspecified atom stereocenters. The molecule has 0 fully saturated rings. The van der Waals surface area contributed by atoms with Gasteiger partial charge >= 0.3 is 6.03 Å². The summed E-state index contributed by atoms with van der Waals surface area (Å²) in [5.41, 5.74) is 3.85. The molecule has 1 heterocycles. The molecule has 0 bridgehead atoms. The van der Waals surface area contributed by atoms with Gasteiger partial charge in [0.05, 0.1) is 5.69 Å². The zero-order chi connectivity index (χ0) is 19.3. The average Bonchev–Trinajstić information content (AvgIpc) is 3.21. The third-order valence-electron chi connectivity index (χ3n) is 4.73. The molecular weight excluding hydrogens is 352 g/mol.